The molecule has 2 aliphatic rings. The molecule has 4 rings (SSSR count). The molecule has 2 heterocycles. The molecule has 6 nitrogen and oxygen atoms in total. The number of carbonyl (C=O) groups excluding carboxylic acids is 2. The van der Waals surface area contributed by atoms with E-state index in [2.05, 4.69) is 10.6 Å². The van der Waals surface area contributed by atoms with Gasteiger partial charge in [-0.2, -0.15) is 0 Å². The standard InChI is InChI=1S/C22H24N4O2/c1-15-6-8-17(9-7-15)19-20(27)25-22(24-19)10-12-26(13-11-22)21(28)23-18-5-3-4-16(2)14-18/h3-9,14H,10-13H2,1-2H3,(H,23,28)(H,25,27). The van der Waals surface area contributed by atoms with Crippen LogP contribution in [0.2, 0.25) is 0 Å². The second-order valence-corrected chi connectivity index (χ2v) is 7.60. The van der Waals surface area contributed by atoms with Crippen molar-refractivity contribution in [3.63, 3.8) is 0 Å². The minimum Gasteiger partial charge on any atom is -0.326 e. The molecule has 0 aliphatic carbocycles. The highest BCUT2D eigenvalue weighted by molar-refractivity contribution is 6.46. The molecule has 1 fully saturated rings. The third kappa shape index (κ3) is 3.63. The van der Waals surface area contributed by atoms with E-state index in [1.54, 1.807) is 4.90 Å². The number of hydrogen-bond donors (Lipinski definition) is 2. The Bertz CT molecular complexity index is 941. The number of benzene rings is 2. The number of likely N-dealkylation sites (tertiary alicyclic amines) is 1. The molecule has 3 amide bonds. The van der Waals surface area contributed by atoms with E-state index in [4.69, 9.17) is 4.99 Å². The average molecular weight is 376 g/mol. The molecule has 0 atom stereocenters. The van der Waals surface area contributed by atoms with E-state index < -0.39 is 5.66 Å². The number of aliphatic imine (C=N–C) groups is 1. The van der Waals surface area contributed by atoms with E-state index in [1.807, 2.05) is 62.4 Å². The third-order valence-electron chi connectivity index (χ3n) is 5.36. The molecule has 0 radical (unpaired) electrons. The smallest absolute Gasteiger partial charge is 0.321 e. The minimum atomic E-state index is -0.600. The van der Waals surface area contributed by atoms with Gasteiger partial charge in [0.05, 0.1) is 0 Å². The summed E-state index contributed by atoms with van der Waals surface area (Å²) < 4.78 is 0. The lowest BCUT2D eigenvalue weighted by molar-refractivity contribution is -0.115. The lowest BCUT2D eigenvalue weighted by atomic mass is 9.98. The van der Waals surface area contributed by atoms with Crippen molar-refractivity contribution in [3.05, 3.63) is 65.2 Å². The van der Waals surface area contributed by atoms with E-state index in [9.17, 15) is 9.59 Å². The molecule has 1 spiro atoms. The largest absolute Gasteiger partial charge is 0.326 e. The third-order valence-corrected chi connectivity index (χ3v) is 5.36. The Morgan fingerprint density at radius 1 is 1.07 bits per heavy atom. The lowest BCUT2D eigenvalue weighted by Gasteiger charge is -2.37. The van der Waals surface area contributed by atoms with Crippen LogP contribution in [0.5, 0.6) is 0 Å². The van der Waals surface area contributed by atoms with Crippen molar-refractivity contribution in [2.75, 3.05) is 18.4 Å². The van der Waals surface area contributed by atoms with Crippen molar-refractivity contribution < 1.29 is 9.59 Å². The molecular formula is C22H24N4O2. The number of urea groups is 1. The van der Waals surface area contributed by atoms with Gasteiger partial charge in [-0.3, -0.25) is 9.79 Å². The number of nitrogens with zero attached hydrogens (tertiary/aromatic N) is 2. The molecule has 2 N–H and O–H groups in total. The van der Waals surface area contributed by atoms with Gasteiger partial charge in [0.15, 0.2) is 0 Å². The summed E-state index contributed by atoms with van der Waals surface area (Å²) in [7, 11) is 0. The normalized spacial score (nSPS) is 18.0. The molecule has 0 unspecified atom stereocenters. The summed E-state index contributed by atoms with van der Waals surface area (Å²) in [5, 5.41) is 5.99. The second-order valence-electron chi connectivity index (χ2n) is 7.60. The molecule has 0 saturated carbocycles. The van der Waals surface area contributed by atoms with Crippen LogP contribution < -0.4 is 10.6 Å². The topological polar surface area (TPSA) is 73.8 Å². The van der Waals surface area contributed by atoms with Crippen LogP contribution in [0.3, 0.4) is 0 Å². The van der Waals surface area contributed by atoms with Gasteiger partial charge in [-0.25, -0.2) is 4.79 Å². The van der Waals surface area contributed by atoms with Crippen molar-refractivity contribution in [1.29, 1.82) is 0 Å². The summed E-state index contributed by atoms with van der Waals surface area (Å²) in [5.74, 6) is -0.137. The maximum absolute atomic E-state index is 12.6. The first-order chi connectivity index (χ1) is 13.4. The first-order valence-electron chi connectivity index (χ1n) is 9.56. The van der Waals surface area contributed by atoms with Crippen LogP contribution in [-0.2, 0) is 4.79 Å². The van der Waals surface area contributed by atoms with Crippen molar-refractivity contribution in [1.82, 2.24) is 10.2 Å². The summed E-state index contributed by atoms with van der Waals surface area (Å²) >= 11 is 0. The Balaban J connectivity index is 1.42. The SMILES string of the molecule is Cc1ccc(C2=NC3(CCN(C(=O)Nc4cccc(C)c4)CC3)NC2=O)cc1. The summed E-state index contributed by atoms with van der Waals surface area (Å²) in [6, 6.07) is 15.4. The number of amides is 3. The Kier molecular flexibility index (Phi) is 4.63. The molecule has 2 aromatic rings. The highest BCUT2D eigenvalue weighted by Gasteiger charge is 2.42. The van der Waals surface area contributed by atoms with Gasteiger partial charge in [0, 0.05) is 37.2 Å². The van der Waals surface area contributed by atoms with Crippen LogP contribution in [0.15, 0.2) is 53.5 Å². The number of anilines is 1. The van der Waals surface area contributed by atoms with Gasteiger partial charge in [0.1, 0.15) is 11.4 Å². The van der Waals surface area contributed by atoms with E-state index in [-0.39, 0.29) is 11.9 Å². The van der Waals surface area contributed by atoms with Crippen molar-refractivity contribution >= 4 is 23.3 Å². The minimum absolute atomic E-state index is 0.118. The monoisotopic (exact) mass is 376 g/mol. The van der Waals surface area contributed by atoms with Gasteiger partial charge in [0.25, 0.3) is 5.91 Å². The molecule has 2 aliphatic heterocycles. The highest BCUT2D eigenvalue weighted by atomic mass is 16.2. The van der Waals surface area contributed by atoms with E-state index in [1.165, 1.54) is 0 Å². The van der Waals surface area contributed by atoms with Crippen LogP contribution in [0.1, 0.15) is 29.5 Å². The number of piperidine rings is 1. The molecule has 1 saturated heterocycles. The molecule has 0 aromatic heterocycles. The Labute approximate surface area is 164 Å². The van der Waals surface area contributed by atoms with E-state index >= 15 is 0 Å². The van der Waals surface area contributed by atoms with Gasteiger partial charge < -0.3 is 15.5 Å². The fourth-order valence-corrected chi connectivity index (χ4v) is 3.71. The number of carbonyl (C=O) groups is 2. The molecule has 6 heteroatoms. The number of hydrogen-bond acceptors (Lipinski definition) is 3. The lowest BCUT2D eigenvalue weighted by Crippen LogP contribution is -2.53. The molecule has 144 valence electrons. The van der Waals surface area contributed by atoms with Crippen molar-refractivity contribution in [2.24, 2.45) is 4.99 Å². The van der Waals surface area contributed by atoms with Crippen molar-refractivity contribution in [3.8, 4) is 0 Å². The van der Waals surface area contributed by atoms with Gasteiger partial charge in [0.2, 0.25) is 0 Å². The van der Waals surface area contributed by atoms with Gasteiger partial charge in [-0.05, 0) is 31.5 Å². The average Bonchev–Trinajstić information content (AvgIpc) is 2.99. The van der Waals surface area contributed by atoms with E-state index in [0.717, 1.165) is 22.4 Å². The van der Waals surface area contributed by atoms with E-state index in [0.29, 0.717) is 31.6 Å². The Hall–Kier alpha value is -3.15. The summed E-state index contributed by atoms with van der Waals surface area (Å²) in [4.78, 5) is 31.6. The van der Waals surface area contributed by atoms with Crippen molar-refractivity contribution in [2.45, 2.75) is 32.4 Å². The van der Waals surface area contributed by atoms with Crippen LogP contribution >= 0.6 is 0 Å². The predicted octanol–water partition coefficient (Wildman–Crippen LogP) is 3.25. The fraction of sp³-hybridized carbons (Fsp3) is 0.318. The quantitative estimate of drug-likeness (QED) is 0.844. The molecule has 28 heavy (non-hydrogen) atoms. The molecule has 2 aromatic carbocycles. The van der Waals surface area contributed by atoms with Crippen LogP contribution in [0, 0.1) is 13.8 Å². The second kappa shape index (κ2) is 7.11. The maximum Gasteiger partial charge on any atom is 0.321 e. The molecular weight excluding hydrogens is 352 g/mol. The van der Waals surface area contributed by atoms with Gasteiger partial charge in [-0.1, -0.05) is 42.0 Å². The van der Waals surface area contributed by atoms with Crippen LogP contribution in [0.25, 0.3) is 0 Å². The summed E-state index contributed by atoms with van der Waals surface area (Å²) in [6.07, 6.45) is 1.21. The number of rotatable bonds is 2. The zero-order valence-corrected chi connectivity index (χ0v) is 16.2. The number of aryl methyl sites for hydroxylation is 2. The zero-order valence-electron chi connectivity index (χ0n) is 16.2. The molecule has 0 bridgehead atoms. The maximum atomic E-state index is 12.6. The first-order valence-corrected chi connectivity index (χ1v) is 9.56. The van der Waals surface area contributed by atoms with Gasteiger partial charge in [-0.15, -0.1) is 0 Å². The van der Waals surface area contributed by atoms with Crippen LogP contribution in [0.4, 0.5) is 10.5 Å². The Morgan fingerprint density at radius 2 is 1.79 bits per heavy atom. The summed E-state index contributed by atoms with van der Waals surface area (Å²) in [5.41, 5.74) is 3.75. The Morgan fingerprint density at radius 3 is 2.46 bits per heavy atom. The van der Waals surface area contributed by atoms with Crippen LogP contribution in [-0.4, -0.2) is 41.3 Å². The highest BCUT2D eigenvalue weighted by Crippen LogP contribution is 2.29. The predicted molar refractivity (Wildman–Crippen MR) is 110 cm³/mol. The first kappa shape index (κ1) is 18.2. The summed E-state index contributed by atoms with van der Waals surface area (Å²) in [6.45, 7) is 5.09. The van der Waals surface area contributed by atoms with Gasteiger partial charge >= 0.3 is 6.03 Å². The number of nitrogens with one attached hydrogen (secondary N) is 2. The fourth-order valence-electron chi connectivity index (χ4n) is 3.71. The zero-order chi connectivity index (χ0) is 19.7.